The molecule has 0 radical (unpaired) electrons. The van der Waals surface area contributed by atoms with Crippen LogP contribution in [0.2, 0.25) is 5.02 Å². The van der Waals surface area contributed by atoms with Crippen LogP contribution in [-0.2, 0) is 22.6 Å². The van der Waals surface area contributed by atoms with E-state index in [0.29, 0.717) is 27.4 Å². The number of likely N-dealkylation sites (tertiary alicyclic amines) is 1. The Balaban J connectivity index is 1.48. The number of ether oxygens (including phenoxy) is 2. The number of nitrogens with zero attached hydrogens (tertiary/aromatic N) is 4. The first-order chi connectivity index (χ1) is 19.0. The smallest absolute Gasteiger partial charge is 0.407 e. The SMILES string of the molecule is COC(=O)c1cnc(Nc2cc(C)nc(C3CCCCN3Cc3ccc(Cl)c(CNC(=O)OC(C)(C)C)c3)n2)s1. The van der Waals surface area contributed by atoms with Crippen molar-refractivity contribution in [1.29, 1.82) is 0 Å². The number of rotatable bonds is 8. The van der Waals surface area contributed by atoms with Crippen LogP contribution < -0.4 is 10.6 Å². The van der Waals surface area contributed by atoms with E-state index in [1.807, 2.05) is 52.0 Å². The van der Waals surface area contributed by atoms with Crippen molar-refractivity contribution in [3.63, 3.8) is 0 Å². The third kappa shape index (κ3) is 8.12. The molecular formula is C28H35ClN6O4S. The normalized spacial score (nSPS) is 15.9. The van der Waals surface area contributed by atoms with E-state index in [0.717, 1.165) is 48.5 Å². The number of nitrogens with one attached hydrogen (secondary N) is 2. The molecule has 40 heavy (non-hydrogen) atoms. The van der Waals surface area contributed by atoms with Crippen LogP contribution in [-0.4, -0.2) is 51.2 Å². The summed E-state index contributed by atoms with van der Waals surface area (Å²) in [5.74, 6) is 0.947. The molecule has 1 aromatic carbocycles. The molecule has 0 aliphatic carbocycles. The van der Waals surface area contributed by atoms with Gasteiger partial charge in [-0.15, -0.1) is 0 Å². The van der Waals surface area contributed by atoms with E-state index in [2.05, 4.69) is 20.5 Å². The van der Waals surface area contributed by atoms with Gasteiger partial charge in [0.25, 0.3) is 0 Å². The molecule has 1 unspecified atom stereocenters. The molecule has 12 heteroatoms. The van der Waals surface area contributed by atoms with E-state index in [-0.39, 0.29) is 12.6 Å². The fourth-order valence-corrected chi connectivity index (χ4v) is 5.42. The van der Waals surface area contributed by atoms with Gasteiger partial charge in [-0.3, -0.25) is 4.90 Å². The minimum absolute atomic E-state index is 0.0372. The topological polar surface area (TPSA) is 119 Å². The molecule has 1 amide bonds. The minimum atomic E-state index is -0.571. The average Bonchev–Trinajstić information content (AvgIpc) is 3.36. The number of aromatic nitrogens is 3. The highest BCUT2D eigenvalue weighted by Gasteiger charge is 2.27. The standard InChI is InChI=1S/C28H35ClN6O4S/c1-17-12-23(34-26-30-15-22(40-26)25(36)38-5)33-24(32-17)21-8-6-7-11-35(21)16-18-9-10-20(29)19(13-18)14-31-27(37)39-28(2,3)4/h9-10,12-13,15,21H,6-8,11,14,16H2,1-5H3,(H,31,37)(H,30,32,33,34). The van der Waals surface area contributed by atoms with Gasteiger partial charge in [0, 0.05) is 29.9 Å². The molecule has 1 saturated heterocycles. The predicted molar refractivity (Wildman–Crippen MR) is 155 cm³/mol. The first-order valence-corrected chi connectivity index (χ1v) is 14.3. The fourth-order valence-electron chi connectivity index (χ4n) is 4.49. The van der Waals surface area contributed by atoms with Gasteiger partial charge in [-0.2, -0.15) is 0 Å². The Morgan fingerprint density at radius 1 is 1.20 bits per heavy atom. The summed E-state index contributed by atoms with van der Waals surface area (Å²) in [5, 5.41) is 7.14. The number of methoxy groups -OCH3 is 1. The highest BCUT2D eigenvalue weighted by atomic mass is 35.5. The fraction of sp³-hybridized carbons (Fsp3) is 0.464. The van der Waals surface area contributed by atoms with Gasteiger partial charge in [0.2, 0.25) is 0 Å². The van der Waals surface area contributed by atoms with Crippen LogP contribution in [0, 0.1) is 6.92 Å². The lowest BCUT2D eigenvalue weighted by Gasteiger charge is -2.35. The molecule has 2 aromatic heterocycles. The molecule has 4 rings (SSSR count). The number of alkyl carbamates (subject to hydrolysis) is 1. The van der Waals surface area contributed by atoms with Crippen molar-refractivity contribution in [3.05, 3.63) is 63.0 Å². The first kappa shape index (κ1) is 29.7. The Labute approximate surface area is 243 Å². The molecule has 214 valence electrons. The van der Waals surface area contributed by atoms with Gasteiger partial charge in [-0.1, -0.05) is 41.5 Å². The maximum Gasteiger partial charge on any atom is 0.407 e. The van der Waals surface area contributed by atoms with Crippen molar-refractivity contribution < 1.29 is 19.1 Å². The predicted octanol–water partition coefficient (Wildman–Crippen LogP) is 6.18. The van der Waals surface area contributed by atoms with Crippen molar-refractivity contribution in [2.75, 3.05) is 19.0 Å². The van der Waals surface area contributed by atoms with Crippen LogP contribution in [0.15, 0.2) is 30.5 Å². The van der Waals surface area contributed by atoms with Gasteiger partial charge in [0.1, 0.15) is 22.1 Å². The molecule has 3 heterocycles. The van der Waals surface area contributed by atoms with Crippen LogP contribution in [0.1, 0.15) is 78.4 Å². The van der Waals surface area contributed by atoms with Crippen molar-refractivity contribution in [2.24, 2.45) is 0 Å². The summed E-state index contributed by atoms with van der Waals surface area (Å²) in [5.41, 5.74) is 2.18. The molecule has 0 saturated carbocycles. The van der Waals surface area contributed by atoms with Crippen LogP contribution in [0.3, 0.4) is 0 Å². The molecule has 1 aliphatic heterocycles. The molecule has 0 spiro atoms. The zero-order valence-electron chi connectivity index (χ0n) is 23.4. The van der Waals surface area contributed by atoms with E-state index in [4.69, 9.17) is 31.0 Å². The van der Waals surface area contributed by atoms with Gasteiger partial charge in [0.05, 0.1) is 19.3 Å². The molecule has 0 bridgehead atoms. The minimum Gasteiger partial charge on any atom is -0.465 e. The molecule has 3 aromatic rings. The molecule has 1 atom stereocenters. The van der Waals surface area contributed by atoms with Gasteiger partial charge < -0.3 is 20.1 Å². The lowest BCUT2D eigenvalue weighted by molar-refractivity contribution is 0.0522. The van der Waals surface area contributed by atoms with Gasteiger partial charge in [-0.05, 0) is 64.3 Å². The van der Waals surface area contributed by atoms with E-state index in [1.54, 1.807) is 0 Å². The van der Waals surface area contributed by atoms with E-state index in [1.165, 1.54) is 24.6 Å². The summed E-state index contributed by atoms with van der Waals surface area (Å²) in [6, 6.07) is 7.80. The van der Waals surface area contributed by atoms with Crippen LogP contribution in [0.4, 0.5) is 15.7 Å². The second-order valence-electron chi connectivity index (χ2n) is 10.7. The summed E-state index contributed by atoms with van der Waals surface area (Å²) < 4.78 is 10.1. The molecule has 1 fully saturated rings. The average molecular weight is 587 g/mol. The van der Waals surface area contributed by atoms with Crippen LogP contribution in [0.25, 0.3) is 0 Å². The van der Waals surface area contributed by atoms with E-state index >= 15 is 0 Å². The highest BCUT2D eigenvalue weighted by molar-refractivity contribution is 7.17. The Morgan fingerprint density at radius 2 is 2.00 bits per heavy atom. The van der Waals surface area contributed by atoms with Crippen molar-refractivity contribution in [2.45, 2.75) is 71.7 Å². The summed E-state index contributed by atoms with van der Waals surface area (Å²) in [6.07, 6.45) is 4.11. The van der Waals surface area contributed by atoms with Crippen molar-refractivity contribution in [1.82, 2.24) is 25.2 Å². The lowest BCUT2D eigenvalue weighted by Crippen LogP contribution is -2.34. The van der Waals surface area contributed by atoms with Crippen molar-refractivity contribution in [3.8, 4) is 0 Å². The number of hydrogen-bond acceptors (Lipinski definition) is 10. The largest absolute Gasteiger partial charge is 0.465 e. The Hall–Kier alpha value is -3.28. The molecule has 2 N–H and O–H groups in total. The number of thiazole rings is 1. The summed E-state index contributed by atoms with van der Waals surface area (Å²) in [4.78, 5) is 40.6. The zero-order valence-corrected chi connectivity index (χ0v) is 25.0. The van der Waals surface area contributed by atoms with Gasteiger partial charge in [0.15, 0.2) is 5.13 Å². The van der Waals surface area contributed by atoms with Crippen molar-refractivity contribution >= 4 is 45.9 Å². The monoisotopic (exact) mass is 586 g/mol. The van der Waals surface area contributed by atoms with Crippen LogP contribution in [0.5, 0.6) is 0 Å². The quantitative estimate of drug-likeness (QED) is 0.298. The van der Waals surface area contributed by atoms with Gasteiger partial charge in [-0.25, -0.2) is 24.5 Å². The molecule has 10 nitrogen and oxygen atoms in total. The number of aryl methyl sites for hydroxylation is 1. The lowest BCUT2D eigenvalue weighted by atomic mass is 9.99. The summed E-state index contributed by atoms with van der Waals surface area (Å²) in [7, 11) is 1.34. The van der Waals surface area contributed by atoms with Crippen LogP contribution >= 0.6 is 22.9 Å². The van der Waals surface area contributed by atoms with Gasteiger partial charge >= 0.3 is 12.1 Å². The zero-order chi connectivity index (χ0) is 28.9. The number of esters is 1. The third-order valence-electron chi connectivity index (χ3n) is 6.23. The number of halogens is 1. The second kappa shape index (κ2) is 12.9. The van der Waals surface area contributed by atoms with E-state index in [9.17, 15) is 9.59 Å². The number of carbonyl (C=O) groups excluding carboxylic acids is 2. The first-order valence-electron chi connectivity index (χ1n) is 13.2. The Kier molecular flexibility index (Phi) is 9.60. The molecular weight excluding hydrogens is 552 g/mol. The summed E-state index contributed by atoms with van der Waals surface area (Å²) >= 11 is 7.65. The Morgan fingerprint density at radius 3 is 2.75 bits per heavy atom. The maximum atomic E-state index is 12.1. The van der Waals surface area contributed by atoms with E-state index < -0.39 is 17.7 Å². The number of anilines is 2. The summed E-state index contributed by atoms with van der Waals surface area (Å²) in [6.45, 7) is 9.29. The maximum absolute atomic E-state index is 12.1. The third-order valence-corrected chi connectivity index (χ3v) is 7.49. The number of carbonyl (C=O) groups is 2. The number of amides is 1. The second-order valence-corrected chi connectivity index (χ2v) is 12.1. The number of piperidine rings is 1. The Bertz CT molecular complexity index is 1360. The molecule has 1 aliphatic rings. The number of hydrogen-bond donors (Lipinski definition) is 2. The highest BCUT2D eigenvalue weighted by Crippen LogP contribution is 2.32. The number of benzene rings is 1.